The summed E-state index contributed by atoms with van der Waals surface area (Å²) in [5.41, 5.74) is -0.103. The van der Waals surface area contributed by atoms with Crippen molar-refractivity contribution in [1.29, 1.82) is 0 Å². The van der Waals surface area contributed by atoms with Crippen molar-refractivity contribution in [2.45, 2.75) is 26.3 Å². The highest BCUT2D eigenvalue weighted by Crippen LogP contribution is 2.06. The SMILES string of the molecule is CCC(C)n1nc(Cl)ccc1=O. The predicted molar refractivity (Wildman–Crippen MR) is 48.5 cm³/mol. The topological polar surface area (TPSA) is 34.9 Å². The average Bonchev–Trinajstić information content (AvgIpc) is 2.08. The molecule has 0 saturated carbocycles. The van der Waals surface area contributed by atoms with Crippen LogP contribution in [-0.4, -0.2) is 9.78 Å². The van der Waals surface area contributed by atoms with E-state index in [1.165, 1.54) is 16.8 Å². The molecular weight excluding hydrogens is 176 g/mol. The minimum atomic E-state index is -0.103. The number of rotatable bonds is 2. The Bertz CT molecular complexity index is 321. The number of hydrogen-bond donors (Lipinski definition) is 0. The average molecular weight is 187 g/mol. The van der Waals surface area contributed by atoms with Gasteiger partial charge < -0.3 is 0 Å². The van der Waals surface area contributed by atoms with E-state index in [4.69, 9.17) is 11.6 Å². The van der Waals surface area contributed by atoms with Crippen molar-refractivity contribution in [3.05, 3.63) is 27.6 Å². The van der Waals surface area contributed by atoms with Gasteiger partial charge in [0.2, 0.25) is 0 Å². The van der Waals surface area contributed by atoms with Crippen LogP contribution in [-0.2, 0) is 0 Å². The molecule has 0 fully saturated rings. The summed E-state index contributed by atoms with van der Waals surface area (Å²) in [6, 6.07) is 3.04. The van der Waals surface area contributed by atoms with Crippen molar-refractivity contribution < 1.29 is 0 Å². The van der Waals surface area contributed by atoms with E-state index < -0.39 is 0 Å². The largest absolute Gasteiger partial charge is 0.268 e. The van der Waals surface area contributed by atoms with Crippen LogP contribution in [0.1, 0.15) is 26.3 Å². The maximum Gasteiger partial charge on any atom is 0.267 e. The van der Waals surface area contributed by atoms with Crippen LogP contribution in [0.2, 0.25) is 5.15 Å². The highest BCUT2D eigenvalue weighted by Gasteiger charge is 2.04. The standard InChI is InChI=1S/C8H11ClN2O/c1-3-6(2)11-8(12)5-4-7(9)10-11/h4-6H,3H2,1-2H3. The third kappa shape index (κ3) is 1.85. The van der Waals surface area contributed by atoms with Gasteiger partial charge in [-0.1, -0.05) is 18.5 Å². The van der Waals surface area contributed by atoms with Crippen molar-refractivity contribution in [3.63, 3.8) is 0 Å². The minimum Gasteiger partial charge on any atom is -0.268 e. The maximum atomic E-state index is 11.2. The van der Waals surface area contributed by atoms with Crippen molar-refractivity contribution >= 4 is 11.6 Å². The molecular formula is C8H11ClN2O. The number of halogens is 1. The van der Waals surface area contributed by atoms with Crippen molar-refractivity contribution in [3.8, 4) is 0 Å². The summed E-state index contributed by atoms with van der Waals surface area (Å²) in [7, 11) is 0. The molecule has 66 valence electrons. The Balaban J connectivity index is 3.13. The summed E-state index contributed by atoms with van der Waals surface area (Å²) in [6.45, 7) is 3.93. The van der Waals surface area contributed by atoms with Crippen LogP contribution in [0, 0.1) is 0 Å². The van der Waals surface area contributed by atoms with Gasteiger partial charge in [0, 0.05) is 6.07 Å². The van der Waals surface area contributed by atoms with E-state index in [2.05, 4.69) is 5.10 Å². The van der Waals surface area contributed by atoms with Crippen molar-refractivity contribution in [2.24, 2.45) is 0 Å². The molecule has 1 rings (SSSR count). The number of aromatic nitrogens is 2. The molecule has 4 heteroatoms. The summed E-state index contributed by atoms with van der Waals surface area (Å²) >= 11 is 5.65. The molecule has 0 bridgehead atoms. The van der Waals surface area contributed by atoms with Crippen LogP contribution in [0.15, 0.2) is 16.9 Å². The lowest BCUT2D eigenvalue weighted by atomic mass is 10.3. The molecule has 0 aliphatic heterocycles. The van der Waals surface area contributed by atoms with E-state index in [-0.39, 0.29) is 11.6 Å². The molecule has 1 heterocycles. The minimum absolute atomic E-state index is 0.103. The van der Waals surface area contributed by atoms with Gasteiger partial charge in [0.05, 0.1) is 6.04 Å². The molecule has 0 saturated heterocycles. The van der Waals surface area contributed by atoms with Gasteiger partial charge in [-0.05, 0) is 19.4 Å². The summed E-state index contributed by atoms with van der Waals surface area (Å²) in [5, 5.41) is 4.27. The molecule has 12 heavy (non-hydrogen) atoms. The second-order valence-electron chi connectivity index (χ2n) is 2.70. The van der Waals surface area contributed by atoms with Crippen LogP contribution in [0.3, 0.4) is 0 Å². The van der Waals surface area contributed by atoms with Gasteiger partial charge in [0.15, 0.2) is 0 Å². The molecule has 1 aromatic heterocycles. The van der Waals surface area contributed by atoms with Gasteiger partial charge in [0.25, 0.3) is 5.56 Å². The van der Waals surface area contributed by atoms with E-state index in [0.29, 0.717) is 5.15 Å². The Morgan fingerprint density at radius 2 is 2.33 bits per heavy atom. The normalized spacial score (nSPS) is 12.9. The summed E-state index contributed by atoms with van der Waals surface area (Å²) < 4.78 is 1.41. The lowest BCUT2D eigenvalue weighted by Crippen LogP contribution is -2.24. The zero-order chi connectivity index (χ0) is 9.14. The molecule has 0 spiro atoms. The fourth-order valence-corrected chi connectivity index (χ4v) is 1.04. The monoisotopic (exact) mass is 186 g/mol. The van der Waals surface area contributed by atoms with Gasteiger partial charge in [-0.3, -0.25) is 4.79 Å². The Kier molecular flexibility index (Phi) is 2.87. The molecule has 1 unspecified atom stereocenters. The Morgan fingerprint density at radius 1 is 1.67 bits per heavy atom. The van der Waals surface area contributed by atoms with Crippen LogP contribution in [0.25, 0.3) is 0 Å². The fraction of sp³-hybridized carbons (Fsp3) is 0.500. The third-order valence-corrected chi connectivity index (χ3v) is 2.00. The van der Waals surface area contributed by atoms with E-state index in [1.807, 2.05) is 13.8 Å². The van der Waals surface area contributed by atoms with Gasteiger partial charge in [-0.25, -0.2) is 4.68 Å². The van der Waals surface area contributed by atoms with Crippen molar-refractivity contribution in [2.75, 3.05) is 0 Å². The van der Waals surface area contributed by atoms with Gasteiger partial charge in [0.1, 0.15) is 5.15 Å². The molecule has 0 N–H and O–H groups in total. The maximum absolute atomic E-state index is 11.2. The highest BCUT2D eigenvalue weighted by molar-refractivity contribution is 6.29. The van der Waals surface area contributed by atoms with E-state index in [9.17, 15) is 4.79 Å². The molecule has 0 aliphatic rings. The first kappa shape index (κ1) is 9.26. The Hall–Kier alpha value is -0.830. The number of nitrogens with zero attached hydrogens (tertiary/aromatic N) is 2. The quantitative estimate of drug-likeness (QED) is 0.707. The summed E-state index contributed by atoms with van der Waals surface area (Å²) in [5.74, 6) is 0. The first-order chi connectivity index (χ1) is 5.65. The number of hydrogen-bond acceptors (Lipinski definition) is 2. The zero-order valence-electron chi connectivity index (χ0n) is 7.12. The van der Waals surface area contributed by atoms with Crippen LogP contribution >= 0.6 is 11.6 Å². The second-order valence-corrected chi connectivity index (χ2v) is 3.08. The van der Waals surface area contributed by atoms with Gasteiger partial charge in [-0.15, -0.1) is 0 Å². The van der Waals surface area contributed by atoms with Crippen LogP contribution in [0.5, 0.6) is 0 Å². The van der Waals surface area contributed by atoms with E-state index in [0.717, 1.165) is 6.42 Å². The first-order valence-corrected chi connectivity index (χ1v) is 4.28. The summed E-state index contributed by atoms with van der Waals surface area (Å²) in [4.78, 5) is 11.2. The van der Waals surface area contributed by atoms with Crippen molar-refractivity contribution in [1.82, 2.24) is 9.78 Å². The summed E-state index contributed by atoms with van der Waals surface area (Å²) in [6.07, 6.45) is 0.868. The molecule has 0 aliphatic carbocycles. The molecule has 3 nitrogen and oxygen atoms in total. The lowest BCUT2D eigenvalue weighted by molar-refractivity contribution is 0.454. The van der Waals surface area contributed by atoms with E-state index in [1.54, 1.807) is 0 Å². The zero-order valence-corrected chi connectivity index (χ0v) is 7.88. The molecule has 0 amide bonds. The molecule has 1 aromatic rings. The van der Waals surface area contributed by atoms with Gasteiger partial charge >= 0.3 is 0 Å². The van der Waals surface area contributed by atoms with E-state index >= 15 is 0 Å². The molecule has 0 radical (unpaired) electrons. The first-order valence-electron chi connectivity index (χ1n) is 3.90. The fourth-order valence-electron chi connectivity index (χ4n) is 0.891. The lowest BCUT2D eigenvalue weighted by Gasteiger charge is -2.10. The predicted octanol–water partition coefficient (Wildman–Crippen LogP) is 1.87. The van der Waals surface area contributed by atoms with Crippen LogP contribution in [0.4, 0.5) is 0 Å². The second kappa shape index (κ2) is 3.72. The Morgan fingerprint density at radius 3 is 2.92 bits per heavy atom. The molecule has 0 aromatic carbocycles. The molecule has 1 atom stereocenters. The van der Waals surface area contributed by atoms with Crippen LogP contribution < -0.4 is 5.56 Å². The smallest absolute Gasteiger partial charge is 0.267 e. The highest BCUT2D eigenvalue weighted by atomic mass is 35.5. The Labute approximate surface area is 76.0 Å². The van der Waals surface area contributed by atoms with Gasteiger partial charge in [-0.2, -0.15) is 5.10 Å². The third-order valence-electron chi connectivity index (χ3n) is 1.80.